The molecule has 2 saturated heterocycles. The second-order valence-corrected chi connectivity index (χ2v) is 6.46. The summed E-state index contributed by atoms with van der Waals surface area (Å²) in [6, 6.07) is 0.495. The molecule has 0 aromatic carbocycles. The van der Waals surface area contributed by atoms with Gasteiger partial charge in [0.05, 0.1) is 6.04 Å². The van der Waals surface area contributed by atoms with Crippen LogP contribution in [0.5, 0.6) is 0 Å². The first-order valence-corrected chi connectivity index (χ1v) is 8.44. The normalized spacial score (nSPS) is 24.4. The lowest BCUT2D eigenvalue weighted by Gasteiger charge is -2.28. The van der Waals surface area contributed by atoms with Gasteiger partial charge >= 0.3 is 0 Å². The summed E-state index contributed by atoms with van der Waals surface area (Å²) in [5.74, 6) is 0.292. The van der Waals surface area contributed by atoms with Crippen LogP contribution in [-0.2, 0) is 4.79 Å². The van der Waals surface area contributed by atoms with Crippen LogP contribution in [0.25, 0.3) is 0 Å². The van der Waals surface area contributed by atoms with Gasteiger partial charge < -0.3 is 10.2 Å². The Bertz CT molecular complexity index is 294. The van der Waals surface area contributed by atoms with Gasteiger partial charge in [0.2, 0.25) is 5.91 Å². The van der Waals surface area contributed by atoms with E-state index in [2.05, 4.69) is 22.0 Å². The predicted molar refractivity (Wildman–Crippen MR) is 82.8 cm³/mol. The summed E-state index contributed by atoms with van der Waals surface area (Å²) in [5.41, 5.74) is 0. The number of carbonyl (C=O) groups excluding carboxylic acids is 1. The molecule has 1 N–H and O–H groups in total. The summed E-state index contributed by atoms with van der Waals surface area (Å²) in [5, 5.41) is 3.44. The molecule has 2 fully saturated rings. The number of nitrogens with zero attached hydrogens (tertiary/aromatic N) is 2. The molecule has 2 atom stereocenters. The first-order chi connectivity index (χ1) is 9.68. The van der Waals surface area contributed by atoms with Crippen molar-refractivity contribution in [3.63, 3.8) is 0 Å². The van der Waals surface area contributed by atoms with Crippen LogP contribution in [0.2, 0.25) is 0 Å². The van der Waals surface area contributed by atoms with E-state index in [1.165, 1.54) is 51.6 Å². The number of carbonyl (C=O) groups is 1. The highest BCUT2D eigenvalue weighted by Gasteiger charge is 2.23. The van der Waals surface area contributed by atoms with Crippen LogP contribution in [0.1, 0.15) is 52.4 Å². The van der Waals surface area contributed by atoms with Gasteiger partial charge in [0.1, 0.15) is 0 Å². The van der Waals surface area contributed by atoms with Gasteiger partial charge in [-0.3, -0.25) is 9.69 Å². The van der Waals surface area contributed by atoms with Crippen LogP contribution in [0.4, 0.5) is 0 Å². The third-order valence-electron chi connectivity index (χ3n) is 4.77. The number of hydrogen-bond donors (Lipinski definition) is 1. The second-order valence-electron chi connectivity index (χ2n) is 6.46. The highest BCUT2D eigenvalue weighted by molar-refractivity contribution is 5.81. The molecule has 0 aromatic heterocycles. The van der Waals surface area contributed by atoms with Gasteiger partial charge in [-0.05, 0) is 52.6 Å². The Balaban J connectivity index is 1.72. The third-order valence-corrected chi connectivity index (χ3v) is 4.77. The molecule has 1 amide bonds. The maximum Gasteiger partial charge on any atom is 0.239 e. The van der Waals surface area contributed by atoms with E-state index in [1.54, 1.807) is 0 Å². The zero-order chi connectivity index (χ0) is 14.4. The molecule has 2 aliphatic heterocycles. The maximum absolute atomic E-state index is 12.4. The topological polar surface area (TPSA) is 35.6 Å². The molecule has 4 heteroatoms. The van der Waals surface area contributed by atoms with E-state index in [9.17, 15) is 4.79 Å². The molecule has 0 bridgehead atoms. The standard InChI is InChI=1S/C16H31N3O/c1-14(18-9-7-8-10-18)13-17-15(2)16(20)19-11-5-3-4-6-12-19/h14-15,17H,3-13H2,1-2H3. The molecule has 2 rings (SSSR count). The fourth-order valence-electron chi connectivity index (χ4n) is 3.31. The molecule has 0 saturated carbocycles. The van der Waals surface area contributed by atoms with E-state index in [-0.39, 0.29) is 6.04 Å². The van der Waals surface area contributed by atoms with Crippen molar-refractivity contribution in [3.8, 4) is 0 Å². The van der Waals surface area contributed by atoms with Crippen molar-refractivity contribution in [2.45, 2.75) is 64.5 Å². The van der Waals surface area contributed by atoms with Crippen LogP contribution in [0.15, 0.2) is 0 Å². The summed E-state index contributed by atoms with van der Waals surface area (Å²) in [6.45, 7) is 9.54. The lowest BCUT2D eigenvalue weighted by Crippen LogP contribution is -2.49. The highest BCUT2D eigenvalue weighted by Crippen LogP contribution is 2.12. The minimum Gasteiger partial charge on any atom is -0.341 e. The molecule has 4 nitrogen and oxygen atoms in total. The summed E-state index contributed by atoms with van der Waals surface area (Å²) < 4.78 is 0. The zero-order valence-electron chi connectivity index (χ0n) is 13.2. The van der Waals surface area contributed by atoms with Crippen molar-refractivity contribution in [1.29, 1.82) is 0 Å². The number of rotatable bonds is 5. The Labute approximate surface area is 123 Å². The van der Waals surface area contributed by atoms with Crippen LogP contribution < -0.4 is 5.32 Å². The number of amides is 1. The molecule has 0 aromatic rings. The Hall–Kier alpha value is -0.610. The first kappa shape index (κ1) is 15.8. The average Bonchev–Trinajstić information content (AvgIpc) is 2.86. The van der Waals surface area contributed by atoms with Gasteiger partial charge in [-0.15, -0.1) is 0 Å². The summed E-state index contributed by atoms with van der Waals surface area (Å²) in [6.07, 6.45) is 7.54. The SMILES string of the molecule is CC(NCC(C)N1CCCC1)C(=O)N1CCCCCC1. The van der Waals surface area contributed by atoms with Gasteiger partial charge in [0.15, 0.2) is 0 Å². The number of nitrogens with one attached hydrogen (secondary N) is 1. The molecule has 0 radical (unpaired) electrons. The minimum absolute atomic E-state index is 0.0434. The van der Waals surface area contributed by atoms with Gasteiger partial charge in [0, 0.05) is 25.7 Å². The van der Waals surface area contributed by atoms with E-state index < -0.39 is 0 Å². The number of hydrogen-bond acceptors (Lipinski definition) is 3. The first-order valence-electron chi connectivity index (χ1n) is 8.44. The largest absolute Gasteiger partial charge is 0.341 e. The molecule has 0 aliphatic carbocycles. The predicted octanol–water partition coefficient (Wildman–Crippen LogP) is 1.85. The molecular weight excluding hydrogens is 250 g/mol. The van der Waals surface area contributed by atoms with Gasteiger partial charge in [-0.2, -0.15) is 0 Å². The maximum atomic E-state index is 12.4. The monoisotopic (exact) mass is 281 g/mol. The van der Waals surface area contributed by atoms with Crippen LogP contribution in [-0.4, -0.2) is 60.5 Å². The van der Waals surface area contributed by atoms with E-state index >= 15 is 0 Å². The third kappa shape index (κ3) is 4.45. The fourth-order valence-corrected chi connectivity index (χ4v) is 3.31. The Kier molecular flexibility index (Phi) is 6.30. The van der Waals surface area contributed by atoms with E-state index in [0.29, 0.717) is 11.9 Å². The van der Waals surface area contributed by atoms with Gasteiger partial charge in [0.25, 0.3) is 0 Å². The summed E-state index contributed by atoms with van der Waals surface area (Å²) in [7, 11) is 0. The molecule has 20 heavy (non-hydrogen) atoms. The fraction of sp³-hybridized carbons (Fsp3) is 0.938. The molecule has 116 valence electrons. The Morgan fingerprint density at radius 2 is 1.50 bits per heavy atom. The van der Waals surface area contributed by atoms with E-state index in [4.69, 9.17) is 0 Å². The average molecular weight is 281 g/mol. The highest BCUT2D eigenvalue weighted by atomic mass is 16.2. The van der Waals surface area contributed by atoms with Crippen molar-refractivity contribution in [2.24, 2.45) is 0 Å². The van der Waals surface area contributed by atoms with Gasteiger partial charge in [-0.25, -0.2) is 0 Å². The van der Waals surface area contributed by atoms with Crippen molar-refractivity contribution >= 4 is 5.91 Å². The second kappa shape index (κ2) is 7.99. The van der Waals surface area contributed by atoms with Crippen molar-refractivity contribution < 1.29 is 4.79 Å². The Morgan fingerprint density at radius 1 is 0.950 bits per heavy atom. The van der Waals surface area contributed by atoms with Gasteiger partial charge in [-0.1, -0.05) is 12.8 Å². The lowest BCUT2D eigenvalue weighted by molar-refractivity contribution is -0.133. The minimum atomic E-state index is -0.0434. The smallest absolute Gasteiger partial charge is 0.239 e. The van der Waals surface area contributed by atoms with Crippen LogP contribution in [0, 0.1) is 0 Å². The zero-order valence-corrected chi connectivity index (χ0v) is 13.2. The summed E-state index contributed by atoms with van der Waals surface area (Å²) in [4.78, 5) is 17.0. The van der Waals surface area contributed by atoms with Crippen molar-refractivity contribution in [2.75, 3.05) is 32.7 Å². The van der Waals surface area contributed by atoms with E-state index in [1.807, 2.05) is 6.92 Å². The quantitative estimate of drug-likeness (QED) is 0.835. The molecule has 2 unspecified atom stereocenters. The molecule has 2 heterocycles. The van der Waals surface area contributed by atoms with Crippen molar-refractivity contribution in [1.82, 2.24) is 15.1 Å². The Morgan fingerprint density at radius 3 is 2.10 bits per heavy atom. The van der Waals surface area contributed by atoms with Crippen LogP contribution in [0.3, 0.4) is 0 Å². The molecule has 0 spiro atoms. The molecular formula is C16H31N3O. The van der Waals surface area contributed by atoms with Crippen molar-refractivity contribution in [3.05, 3.63) is 0 Å². The summed E-state index contributed by atoms with van der Waals surface area (Å²) >= 11 is 0. The van der Waals surface area contributed by atoms with Crippen LogP contribution >= 0.6 is 0 Å². The molecule has 2 aliphatic rings. The van der Waals surface area contributed by atoms with E-state index in [0.717, 1.165) is 19.6 Å². The lowest BCUT2D eigenvalue weighted by atomic mass is 10.2. The number of likely N-dealkylation sites (tertiary alicyclic amines) is 2.